The molecule has 0 spiro atoms. The number of ether oxygens (including phenoxy) is 1. The van der Waals surface area contributed by atoms with Gasteiger partial charge in [-0.3, -0.25) is 0 Å². The van der Waals surface area contributed by atoms with Crippen LogP contribution in [0.2, 0.25) is 10.0 Å². The molecule has 104 valence electrons. The first kappa shape index (κ1) is 14.4. The van der Waals surface area contributed by atoms with Crippen LogP contribution in [0.1, 0.15) is 25.7 Å². The number of benzene rings is 1. The van der Waals surface area contributed by atoms with Gasteiger partial charge in [-0.05, 0) is 32.0 Å². The molecule has 0 aliphatic carbocycles. The van der Waals surface area contributed by atoms with Crippen LogP contribution in [-0.4, -0.2) is 23.9 Å². The summed E-state index contributed by atoms with van der Waals surface area (Å²) in [5.74, 6) is 0. The second-order valence-corrected chi connectivity index (χ2v) is 5.29. The highest BCUT2D eigenvalue weighted by molar-refractivity contribution is 6.34. The van der Waals surface area contributed by atoms with Crippen molar-refractivity contribution in [2.45, 2.75) is 26.2 Å². The molecule has 1 fully saturated rings. The van der Waals surface area contributed by atoms with E-state index < -0.39 is 6.29 Å². The molecule has 1 aromatic rings. The van der Waals surface area contributed by atoms with E-state index in [1.165, 1.54) is 0 Å². The van der Waals surface area contributed by atoms with Gasteiger partial charge in [-0.25, -0.2) is 9.63 Å². The molecule has 19 heavy (non-hydrogen) atoms. The van der Waals surface area contributed by atoms with Crippen LogP contribution in [-0.2, 0) is 9.57 Å². The molecule has 0 aromatic heterocycles. The van der Waals surface area contributed by atoms with Crippen LogP contribution in [0.25, 0.3) is 0 Å². The second kappa shape index (κ2) is 5.96. The molecule has 1 heterocycles. The molecule has 1 N–H and O–H groups in total. The largest absolute Gasteiger partial charge is 0.343 e. The number of hydrogen-bond acceptors (Lipinski definition) is 3. The van der Waals surface area contributed by atoms with Gasteiger partial charge < -0.3 is 10.1 Å². The SMILES string of the molecule is CC(C)NC(=O)N1COC(c2cc(Cl)cc(Cl)c2)O1. The summed E-state index contributed by atoms with van der Waals surface area (Å²) in [7, 11) is 0. The number of halogens is 2. The minimum Gasteiger partial charge on any atom is -0.334 e. The molecule has 1 saturated heterocycles. The lowest BCUT2D eigenvalue weighted by molar-refractivity contribution is -0.136. The number of carbonyl (C=O) groups excluding carboxylic acids is 1. The summed E-state index contributed by atoms with van der Waals surface area (Å²) in [4.78, 5) is 17.1. The first-order chi connectivity index (χ1) is 8.95. The number of hydrogen-bond donors (Lipinski definition) is 1. The highest BCUT2D eigenvalue weighted by Crippen LogP contribution is 2.30. The monoisotopic (exact) mass is 304 g/mol. The van der Waals surface area contributed by atoms with Crippen molar-refractivity contribution in [1.82, 2.24) is 10.4 Å². The van der Waals surface area contributed by atoms with Crippen LogP contribution in [0.4, 0.5) is 4.79 Å². The molecule has 1 aliphatic rings. The summed E-state index contributed by atoms with van der Waals surface area (Å²) >= 11 is 11.8. The van der Waals surface area contributed by atoms with Gasteiger partial charge in [0.15, 0.2) is 6.73 Å². The number of nitrogens with zero attached hydrogens (tertiary/aromatic N) is 1. The fourth-order valence-electron chi connectivity index (χ4n) is 1.61. The lowest BCUT2D eigenvalue weighted by Crippen LogP contribution is -2.40. The zero-order chi connectivity index (χ0) is 14.0. The summed E-state index contributed by atoms with van der Waals surface area (Å²) in [6, 6.07) is 4.66. The van der Waals surface area contributed by atoms with Gasteiger partial charge >= 0.3 is 6.03 Å². The third kappa shape index (κ3) is 3.73. The molecule has 5 nitrogen and oxygen atoms in total. The summed E-state index contributed by atoms with van der Waals surface area (Å²) in [5.41, 5.74) is 0.664. The molecule has 7 heteroatoms. The molecule has 0 radical (unpaired) electrons. The maximum absolute atomic E-state index is 11.7. The summed E-state index contributed by atoms with van der Waals surface area (Å²) < 4.78 is 5.39. The molecule has 0 saturated carbocycles. The Morgan fingerprint density at radius 3 is 2.58 bits per heavy atom. The van der Waals surface area contributed by atoms with E-state index in [2.05, 4.69) is 5.32 Å². The molecular formula is C12H14Cl2N2O3. The topological polar surface area (TPSA) is 50.8 Å². The van der Waals surface area contributed by atoms with E-state index in [1.807, 2.05) is 13.8 Å². The number of nitrogens with one attached hydrogen (secondary N) is 1. The number of hydroxylamine groups is 2. The van der Waals surface area contributed by atoms with Crippen LogP contribution < -0.4 is 5.32 Å². The lowest BCUT2D eigenvalue weighted by Gasteiger charge is -2.16. The van der Waals surface area contributed by atoms with E-state index in [-0.39, 0.29) is 18.8 Å². The summed E-state index contributed by atoms with van der Waals surface area (Å²) in [6.45, 7) is 3.78. The Labute approximate surface area is 121 Å². The van der Waals surface area contributed by atoms with Crippen molar-refractivity contribution in [1.29, 1.82) is 0 Å². The minimum absolute atomic E-state index is 0.0239. The molecule has 2 rings (SSSR count). The molecule has 1 aromatic carbocycles. The van der Waals surface area contributed by atoms with E-state index in [1.54, 1.807) is 18.2 Å². The fraction of sp³-hybridized carbons (Fsp3) is 0.417. The van der Waals surface area contributed by atoms with Crippen LogP contribution in [0.3, 0.4) is 0 Å². The third-order valence-corrected chi connectivity index (χ3v) is 2.80. The molecule has 0 bridgehead atoms. The Balaban J connectivity index is 2.03. The van der Waals surface area contributed by atoms with Crippen molar-refractivity contribution >= 4 is 29.2 Å². The maximum Gasteiger partial charge on any atom is 0.343 e. The average molecular weight is 305 g/mol. The van der Waals surface area contributed by atoms with Crippen LogP contribution in [0, 0.1) is 0 Å². The predicted octanol–water partition coefficient (Wildman–Crippen LogP) is 3.33. The molecule has 1 aliphatic heterocycles. The van der Waals surface area contributed by atoms with Crippen molar-refractivity contribution < 1.29 is 14.4 Å². The van der Waals surface area contributed by atoms with Gasteiger partial charge in [0.25, 0.3) is 0 Å². The molecular weight excluding hydrogens is 291 g/mol. The number of rotatable bonds is 2. The lowest BCUT2D eigenvalue weighted by atomic mass is 10.2. The maximum atomic E-state index is 11.7. The van der Waals surface area contributed by atoms with Crippen molar-refractivity contribution in [2.75, 3.05) is 6.73 Å². The van der Waals surface area contributed by atoms with Crippen molar-refractivity contribution in [3.8, 4) is 0 Å². The Morgan fingerprint density at radius 2 is 2.00 bits per heavy atom. The normalized spacial score (nSPS) is 19.0. The zero-order valence-electron chi connectivity index (χ0n) is 10.5. The summed E-state index contributed by atoms with van der Waals surface area (Å²) in [6.07, 6.45) is -0.686. The number of amides is 2. The Kier molecular flexibility index (Phi) is 4.52. The second-order valence-electron chi connectivity index (χ2n) is 4.42. The van der Waals surface area contributed by atoms with Gasteiger partial charge in [0, 0.05) is 21.7 Å². The molecule has 1 atom stereocenters. The highest BCUT2D eigenvalue weighted by Gasteiger charge is 2.30. The van der Waals surface area contributed by atoms with Crippen molar-refractivity contribution in [3.05, 3.63) is 33.8 Å². The van der Waals surface area contributed by atoms with Gasteiger partial charge in [0.05, 0.1) is 0 Å². The number of carbonyl (C=O) groups is 1. The Hall–Kier alpha value is -1.01. The average Bonchev–Trinajstić information content (AvgIpc) is 2.75. The Bertz CT molecular complexity index is 462. The van der Waals surface area contributed by atoms with Gasteiger partial charge in [-0.15, -0.1) is 0 Å². The first-order valence-electron chi connectivity index (χ1n) is 5.78. The van der Waals surface area contributed by atoms with Crippen LogP contribution >= 0.6 is 23.2 Å². The minimum atomic E-state index is -0.686. The number of urea groups is 1. The summed E-state index contributed by atoms with van der Waals surface area (Å²) in [5, 5.41) is 4.81. The van der Waals surface area contributed by atoms with E-state index >= 15 is 0 Å². The molecule has 2 amide bonds. The first-order valence-corrected chi connectivity index (χ1v) is 6.53. The van der Waals surface area contributed by atoms with E-state index in [0.29, 0.717) is 15.6 Å². The van der Waals surface area contributed by atoms with E-state index in [0.717, 1.165) is 5.06 Å². The third-order valence-electron chi connectivity index (χ3n) is 2.36. The predicted molar refractivity (Wildman–Crippen MR) is 71.7 cm³/mol. The fourth-order valence-corrected chi connectivity index (χ4v) is 2.15. The molecule has 1 unspecified atom stereocenters. The van der Waals surface area contributed by atoms with Crippen LogP contribution in [0.5, 0.6) is 0 Å². The van der Waals surface area contributed by atoms with Gasteiger partial charge in [0.1, 0.15) is 0 Å². The quantitative estimate of drug-likeness (QED) is 0.912. The smallest absolute Gasteiger partial charge is 0.334 e. The Morgan fingerprint density at radius 1 is 1.37 bits per heavy atom. The van der Waals surface area contributed by atoms with Gasteiger partial charge in [-0.1, -0.05) is 23.2 Å². The van der Waals surface area contributed by atoms with E-state index in [4.69, 9.17) is 32.8 Å². The zero-order valence-corrected chi connectivity index (χ0v) is 12.0. The van der Waals surface area contributed by atoms with Gasteiger partial charge in [-0.2, -0.15) is 5.06 Å². The van der Waals surface area contributed by atoms with Crippen molar-refractivity contribution in [2.24, 2.45) is 0 Å². The van der Waals surface area contributed by atoms with Gasteiger partial charge in [0.2, 0.25) is 6.29 Å². The highest BCUT2D eigenvalue weighted by atomic mass is 35.5. The van der Waals surface area contributed by atoms with E-state index in [9.17, 15) is 4.79 Å². The standard InChI is InChI=1S/C12H14Cl2N2O3/c1-7(2)15-12(17)16-6-18-11(19-16)8-3-9(13)5-10(14)4-8/h3-5,7,11H,6H2,1-2H3,(H,15,17). The van der Waals surface area contributed by atoms with Crippen molar-refractivity contribution in [3.63, 3.8) is 0 Å². The van der Waals surface area contributed by atoms with Crippen LogP contribution in [0.15, 0.2) is 18.2 Å².